The van der Waals surface area contributed by atoms with E-state index in [0.29, 0.717) is 0 Å². The maximum Gasteiger partial charge on any atom is 0.0159 e. The van der Waals surface area contributed by atoms with E-state index in [0.717, 1.165) is 0 Å². The molecular formula is C49H34. The predicted molar refractivity (Wildman–Crippen MR) is 210 cm³/mol. The highest BCUT2D eigenvalue weighted by atomic mass is 14.4. The largest absolute Gasteiger partial charge is 0.0619 e. The monoisotopic (exact) mass is 622 g/mol. The molecule has 0 saturated carbocycles. The van der Waals surface area contributed by atoms with Gasteiger partial charge < -0.3 is 0 Å². The van der Waals surface area contributed by atoms with Crippen LogP contribution in [-0.4, -0.2) is 0 Å². The second-order valence-corrected chi connectivity index (χ2v) is 14.1. The standard InChI is InChI=1S/C49H34/c1-49(2)46-18-10-9-15-40(46)41-26-25-35(30-47(41)49)32-19-22-33(23-20-32)44-28-37-29-45(36-24-21-31-11-3-4-12-34(31)27-36)39-14-6-8-17-43(39)48(37)42-16-7-5-13-38(42)44/h3-30H,1-2H3. The Balaban J connectivity index is 1.13. The molecule has 0 heteroatoms. The van der Waals surface area contributed by atoms with Crippen molar-refractivity contribution in [2.24, 2.45) is 0 Å². The van der Waals surface area contributed by atoms with Crippen molar-refractivity contribution in [3.63, 3.8) is 0 Å². The van der Waals surface area contributed by atoms with Gasteiger partial charge in [-0.3, -0.25) is 0 Å². The Morgan fingerprint density at radius 3 is 1.57 bits per heavy atom. The van der Waals surface area contributed by atoms with E-state index in [1.54, 1.807) is 0 Å². The minimum Gasteiger partial charge on any atom is -0.0619 e. The molecule has 0 aliphatic heterocycles. The number of fused-ring (bicyclic) bond motifs is 9. The molecule has 0 heterocycles. The molecule has 0 spiro atoms. The Labute approximate surface area is 286 Å². The topological polar surface area (TPSA) is 0 Å². The average Bonchev–Trinajstić information content (AvgIpc) is 3.39. The molecule has 0 atom stereocenters. The average molecular weight is 623 g/mol. The van der Waals surface area contributed by atoms with Crippen LogP contribution in [0.3, 0.4) is 0 Å². The van der Waals surface area contributed by atoms with Gasteiger partial charge >= 0.3 is 0 Å². The van der Waals surface area contributed by atoms with E-state index in [1.165, 1.54) is 98.7 Å². The minimum atomic E-state index is -0.0121. The van der Waals surface area contributed by atoms with Crippen molar-refractivity contribution in [3.05, 3.63) is 181 Å². The van der Waals surface area contributed by atoms with E-state index in [2.05, 4.69) is 184 Å². The molecule has 9 aromatic carbocycles. The fraction of sp³-hybridized carbons (Fsp3) is 0.0612. The molecule has 230 valence electrons. The van der Waals surface area contributed by atoms with Gasteiger partial charge in [-0.1, -0.05) is 159 Å². The third-order valence-electron chi connectivity index (χ3n) is 11.0. The zero-order valence-electron chi connectivity index (χ0n) is 27.7. The van der Waals surface area contributed by atoms with Gasteiger partial charge in [0.25, 0.3) is 0 Å². The van der Waals surface area contributed by atoms with E-state index < -0.39 is 0 Å². The fourth-order valence-corrected chi connectivity index (χ4v) is 8.54. The van der Waals surface area contributed by atoms with Gasteiger partial charge in [0.15, 0.2) is 0 Å². The summed E-state index contributed by atoms with van der Waals surface area (Å²) in [6.45, 7) is 4.70. The smallest absolute Gasteiger partial charge is 0.0159 e. The number of benzene rings is 9. The fourth-order valence-electron chi connectivity index (χ4n) is 8.54. The molecule has 0 radical (unpaired) electrons. The second kappa shape index (κ2) is 10.5. The molecule has 1 aliphatic carbocycles. The van der Waals surface area contributed by atoms with Crippen LogP contribution in [0.15, 0.2) is 170 Å². The summed E-state index contributed by atoms with van der Waals surface area (Å²) in [5.41, 5.74) is 13.1. The molecule has 10 rings (SSSR count). The van der Waals surface area contributed by atoms with Crippen molar-refractivity contribution in [2.75, 3.05) is 0 Å². The first-order chi connectivity index (χ1) is 24.0. The van der Waals surface area contributed by atoms with Crippen molar-refractivity contribution in [3.8, 4) is 44.5 Å². The summed E-state index contributed by atoms with van der Waals surface area (Å²) < 4.78 is 0. The predicted octanol–water partition coefficient (Wildman–Crippen LogP) is 13.6. The Morgan fingerprint density at radius 1 is 0.306 bits per heavy atom. The van der Waals surface area contributed by atoms with Crippen LogP contribution in [-0.2, 0) is 5.41 Å². The Bertz CT molecular complexity index is 2780. The number of rotatable bonds is 3. The maximum absolute atomic E-state index is 2.42. The van der Waals surface area contributed by atoms with Crippen molar-refractivity contribution in [2.45, 2.75) is 19.3 Å². The van der Waals surface area contributed by atoms with Gasteiger partial charge in [-0.25, -0.2) is 0 Å². The molecule has 0 bridgehead atoms. The van der Waals surface area contributed by atoms with Gasteiger partial charge in [-0.05, 0) is 123 Å². The Hall–Kier alpha value is -5.98. The first kappa shape index (κ1) is 28.1. The third kappa shape index (κ3) is 4.24. The molecule has 49 heavy (non-hydrogen) atoms. The molecule has 0 nitrogen and oxygen atoms in total. The molecule has 0 aromatic heterocycles. The van der Waals surface area contributed by atoms with Crippen LogP contribution < -0.4 is 0 Å². The first-order valence-electron chi connectivity index (χ1n) is 17.3. The van der Waals surface area contributed by atoms with Crippen molar-refractivity contribution in [1.29, 1.82) is 0 Å². The van der Waals surface area contributed by atoms with Gasteiger partial charge in [0.2, 0.25) is 0 Å². The number of hydrogen-bond acceptors (Lipinski definition) is 0. The highest BCUT2D eigenvalue weighted by molar-refractivity contribution is 6.25. The van der Waals surface area contributed by atoms with Crippen molar-refractivity contribution >= 4 is 43.1 Å². The van der Waals surface area contributed by atoms with E-state index >= 15 is 0 Å². The second-order valence-electron chi connectivity index (χ2n) is 14.1. The SMILES string of the molecule is CC1(C)c2ccccc2-c2ccc(-c3ccc(-c4cc5cc(-c6ccc7ccccc7c6)c6ccccc6c5c5ccccc45)cc3)cc21. The molecular weight excluding hydrogens is 589 g/mol. The molecule has 0 fully saturated rings. The summed E-state index contributed by atoms with van der Waals surface area (Å²) >= 11 is 0. The summed E-state index contributed by atoms with van der Waals surface area (Å²) in [6, 6.07) is 63.2. The van der Waals surface area contributed by atoms with E-state index in [4.69, 9.17) is 0 Å². The Kier molecular flexibility index (Phi) is 6.02. The zero-order chi connectivity index (χ0) is 32.7. The molecule has 9 aromatic rings. The summed E-state index contributed by atoms with van der Waals surface area (Å²) in [4.78, 5) is 0. The lowest BCUT2D eigenvalue weighted by molar-refractivity contribution is 0.660. The molecule has 0 N–H and O–H groups in total. The van der Waals surface area contributed by atoms with Crippen LogP contribution in [0.25, 0.3) is 87.6 Å². The van der Waals surface area contributed by atoms with Gasteiger partial charge in [-0.2, -0.15) is 0 Å². The minimum absolute atomic E-state index is 0.0121. The normalized spacial score (nSPS) is 13.3. The van der Waals surface area contributed by atoms with E-state index in [-0.39, 0.29) is 5.41 Å². The molecule has 0 saturated heterocycles. The van der Waals surface area contributed by atoms with Crippen LogP contribution in [0, 0.1) is 0 Å². The van der Waals surface area contributed by atoms with Crippen LogP contribution >= 0.6 is 0 Å². The Morgan fingerprint density at radius 2 is 0.837 bits per heavy atom. The summed E-state index contributed by atoms with van der Waals surface area (Å²) in [5.74, 6) is 0. The van der Waals surface area contributed by atoms with Crippen molar-refractivity contribution in [1.82, 2.24) is 0 Å². The quantitative estimate of drug-likeness (QED) is 0.172. The highest BCUT2D eigenvalue weighted by Gasteiger charge is 2.35. The van der Waals surface area contributed by atoms with E-state index in [1.807, 2.05) is 0 Å². The van der Waals surface area contributed by atoms with Crippen molar-refractivity contribution < 1.29 is 0 Å². The lowest BCUT2D eigenvalue weighted by Crippen LogP contribution is -2.14. The maximum atomic E-state index is 2.42. The van der Waals surface area contributed by atoms with E-state index in [9.17, 15) is 0 Å². The van der Waals surface area contributed by atoms with Crippen LogP contribution in [0.1, 0.15) is 25.0 Å². The summed E-state index contributed by atoms with van der Waals surface area (Å²) in [6.07, 6.45) is 0. The zero-order valence-corrected chi connectivity index (χ0v) is 27.7. The first-order valence-corrected chi connectivity index (χ1v) is 17.3. The van der Waals surface area contributed by atoms with Gasteiger partial charge in [0.1, 0.15) is 0 Å². The van der Waals surface area contributed by atoms with Gasteiger partial charge in [-0.15, -0.1) is 0 Å². The lowest BCUT2D eigenvalue weighted by atomic mass is 9.81. The van der Waals surface area contributed by atoms with Crippen LogP contribution in [0.2, 0.25) is 0 Å². The summed E-state index contributed by atoms with van der Waals surface area (Å²) in [5, 5.41) is 10.3. The molecule has 0 unspecified atom stereocenters. The molecule has 1 aliphatic rings. The van der Waals surface area contributed by atoms with Gasteiger partial charge in [0, 0.05) is 5.41 Å². The third-order valence-corrected chi connectivity index (χ3v) is 11.0. The van der Waals surface area contributed by atoms with Gasteiger partial charge in [0.05, 0.1) is 0 Å². The lowest BCUT2D eigenvalue weighted by Gasteiger charge is -2.22. The van der Waals surface area contributed by atoms with Crippen LogP contribution in [0.5, 0.6) is 0 Å². The number of hydrogen-bond donors (Lipinski definition) is 0. The highest BCUT2D eigenvalue weighted by Crippen LogP contribution is 2.49. The molecule has 0 amide bonds. The van der Waals surface area contributed by atoms with Crippen LogP contribution in [0.4, 0.5) is 0 Å². The summed E-state index contributed by atoms with van der Waals surface area (Å²) in [7, 11) is 0.